The third-order valence-corrected chi connectivity index (χ3v) is 8.04. The van der Waals surface area contributed by atoms with E-state index in [2.05, 4.69) is 41.4 Å². The molecular weight excluding hydrogens is 514 g/mol. The largest absolute Gasteiger partial charge is 0.481 e. The fourth-order valence-electron chi connectivity index (χ4n) is 5.83. The molecule has 0 unspecified atom stereocenters. The predicted octanol–water partition coefficient (Wildman–Crippen LogP) is 5.70. The second-order valence-corrected chi connectivity index (χ2v) is 11.6. The van der Waals surface area contributed by atoms with Gasteiger partial charge in [-0.25, -0.2) is 0 Å². The first-order chi connectivity index (χ1) is 19.7. The van der Waals surface area contributed by atoms with E-state index in [9.17, 15) is 19.5 Å². The molecule has 2 N–H and O–H groups in total. The van der Waals surface area contributed by atoms with E-state index in [1.165, 1.54) is 22.8 Å². The van der Waals surface area contributed by atoms with Crippen LogP contribution in [-0.2, 0) is 22.4 Å². The molecule has 0 saturated heterocycles. The summed E-state index contributed by atoms with van der Waals surface area (Å²) < 4.78 is 1.55. The molecule has 0 spiro atoms. The molecule has 7 nitrogen and oxygen atoms in total. The van der Waals surface area contributed by atoms with Crippen LogP contribution in [0.25, 0.3) is 11.1 Å². The number of likely N-dealkylation sites (N-methyl/N-ethyl adjacent to an activating group) is 1. The van der Waals surface area contributed by atoms with E-state index in [0.29, 0.717) is 6.42 Å². The van der Waals surface area contributed by atoms with Crippen molar-refractivity contribution in [3.8, 4) is 11.1 Å². The van der Waals surface area contributed by atoms with Crippen LogP contribution in [0.5, 0.6) is 0 Å². The fourth-order valence-corrected chi connectivity index (χ4v) is 5.83. The number of carboxylic acids is 1. The van der Waals surface area contributed by atoms with Crippen molar-refractivity contribution in [1.29, 1.82) is 0 Å². The number of benzene rings is 2. The lowest BCUT2D eigenvalue weighted by molar-refractivity contribution is -0.138. The number of aliphatic carboxylic acids is 1. The van der Waals surface area contributed by atoms with Gasteiger partial charge < -0.3 is 19.9 Å². The van der Waals surface area contributed by atoms with Gasteiger partial charge in [0, 0.05) is 18.8 Å². The highest BCUT2D eigenvalue weighted by Crippen LogP contribution is 2.32. The lowest BCUT2D eigenvalue weighted by Gasteiger charge is -2.25. The number of amides is 1. The molecule has 7 heteroatoms. The number of nitrogens with zero attached hydrogens (tertiary/aromatic N) is 2. The van der Waals surface area contributed by atoms with Gasteiger partial charge in [-0.05, 0) is 86.1 Å². The Kier molecular flexibility index (Phi) is 10.5. The Bertz CT molecular complexity index is 1410. The predicted molar refractivity (Wildman–Crippen MR) is 163 cm³/mol. The minimum absolute atomic E-state index is 0.225. The van der Waals surface area contributed by atoms with Gasteiger partial charge in [-0.1, -0.05) is 68.1 Å². The molecule has 218 valence electrons. The quantitative estimate of drug-likeness (QED) is 0.406. The van der Waals surface area contributed by atoms with Gasteiger partial charge in [0.25, 0.3) is 5.56 Å². The van der Waals surface area contributed by atoms with Crippen molar-refractivity contribution in [2.45, 2.75) is 76.8 Å². The van der Waals surface area contributed by atoms with Crippen LogP contribution in [0.15, 0.2) is 65.6 Å². The van der Waals surface area contributed by atoms with Crippen LogP contribution in [0.2, 0.25) is 0 Å². The van der Waals surface area contributed by atoms with Crippen LogP contribution in [0.4, 0.5) is 0 Å². The number of hydrogen-bond acceptors (Lipinski definition) is 4. The molecule has 41 heavy (non-hydrogen) atoms. The molecule has 4 rings (SSSR count). The Morgan fingerprint density at radius 2 is 1.76 bits per heavy atom. The zero-order valence-electron chi connectivity index (χ0n) is 24.6. The number of aryl methyl sites for hydroxylation is 2. The lowest BCUT2D eigenvalue weighted by Crippen LogP contribution is -2.39. The SMILES string of the molecule is Cc1cccc2c1-c1cccc(c1)[C@H](CC(=O)O)NC(=O)[C@@H](n1cc(CCN(C)C)ccc1=O)CCCCCCC2. The van der Waals surface area contributed by atoms with Gasteiger partial charge in [0.05, 0.1) is 12.5 Å². The number of fused-ring (bicyclic) bond motifs is 4. The van der Waals surface area contributed by atoms with E-state index in [-0.39, 0.29) is 17.9 Å². The summed E-state index contributed by atoms with van der Waals surface area (Å²) in [6.07, 6.45) is 8.83. The summed E-state index contributed by atoms with van der Waals surface area (Å²) in [6, 6.07) is 16.2. The summed E-state index contributed by atoms with van der Waals surface area (Å²) in [5.41, 5.74) is 6.17. The lowest BCUT2D eigenvalue weighted by atomic mass is 9.89. The number of aromatic nitrogens is 1. The molecule has 0 radical (unpaired) electrons. The number of carbonyl (C=O) groups is 2. The molecule has 2 bridgehead atoms. The minimum Gasteiger partial charge on any atom is -0.481 e. The molecule has 1 aromatic heterocycles. The maximum absolute atomic E-state index is 13.9. The molecule has 1 aliphatic heterocycles. The normalized spacial score (nSPS) is 18.5. The van der Waals surface area contributed by atoms with Gasteiger partial charge >= 0.3 is 5.97 Å². The Morgan fingerprint density at radius 1 is 1.00 bits per heavy atom. The van der Waals surface area contributed by atoms with Crippen LogP contribution in [0.3, 0.4) is 0 Å². The van der Waals surface area contributed by atoms with Crippen molar-refractivity contribution in [3.05, 3.63) is 93.4 Å². The summed E-state index contributed by atoms with van der Waals surface area (Å²) in [4.78, 5) is 41.0. The van der Waals surface area contributed by atoms with Crippen LogP contribution >= 0.6 is 0 Å². The first-order valence-electron chi connectivity index (χ1n) is 14.8. The van der Waals surface area contributed by atoms with Gasteiger partial charge in [-0.3, -0.25) is 14.4 Å². The average Bonchev–Trinajstić information content (AvgIpc) is 2.93. The second kappa shape index (κ2) is 14.3. The summed E-state index contributed by atoms with van der Waals surface area (Å²) in [5, 5.41) is 12.8. The molecular formula is C34H43N3O4. The van der Waals surface area contributed by atoms with Crippen molar-refractivity contribution in [3.63, 3.8) is 0 Å². The first kappa shape index (κ1) is 30.3. The zero-order valence-corrected chi connectivity index (χ0v) is 24.6. The van der Waals surface area contributed by atoms with Crippen LogP contribution < -0.4 is 10.9 Å². The Balaban J connectivity index is 1.74. The average molecular weight is 558 g/mol. The maximum Gasteiger partial charge on any atom is 0.305 e. The van der Waals surface area contributed by atoms with Crippen LogP contribution in [0, 0.1) is 6.92 Å². The number of carboxylic acid groups (broad SMARTS) is 1. The van der Waals surface area contributed by atoms with Gasteiger partial charge in [0.2, 0.25) is 5.91 Å². The molecule has 2 heterocycles. The summed E-state index contributed by atoms with van der Waals surface area (Å²) in [6.45, 7) is 2.93. The van der Waals surface area contributed by atoms with Gasteiger partial charge in [-0.2, -0.15) is 0 Å². The van der Waals surface area contributed by atoms with Crippen molar-refractivity contribution < 1.29 is 14.7 Å². The maximum atomic E-state index is 13.9. The molecule has 0 saturated carbocycles. The number of nitrogens with one attached hydrogen (secondary N) is 1. The number of rotatable bonds is 6. The Labute approximate surface area is 243 Å². The standard InChI is InChI=1S/C34H43N3O4/c1-24-11-9-13-26-12-7-5-4-6-8-16-30(37-23-25(17-18-31(37)38)19-20-36(2)3)34(41)35-29(22-32(39)40)27-14-10-15-28(21-27)33(24)26/h9-11,13-15,17-18,21,23,29-30H,4-8,12,16,19-20,22H2,1-3H3,(H,35,41)(H,39,40)/t29-,30-/m0/s1. The molecule has 3 aromatic rings. The number of hydrogen-bond donors (Lipinski definition) is 2. The fraction of sp³-hybridized carbons (Fsp3) is 0.441. The van der Waals surface area contributed by atoms with Crippen molar-refractivity contribution in [1.82, 2.24) is 14.8 Å². The highest BCUT2D eigenvalue weighted by atomic mass is 16.4. The molecule has 2 aromatic carbocycles. The van der Waals surface area contributed by atoms with Crippen molar-refractivity contribution in [2.75, 3.05) is 20.6 Å². The van der Waals surface area contributed by atoms with E-state index in [1.807, 2.05) is 38.4 Å². The third-order valence-electron chi connectivity index (χ3n) is 8.04. The summed E-state index contributed by atoms with van der Waals surface area (Å²) in [7, 11) is 4.01. The topological polar surface area (TPSA) is 91.6 Å². The van der Waals surface area contributed by atoms with Gasteiger partial charge in [-0.15, -0.1) is 0 Å². The van der Waals surface area contributed by atoms with Gasteiger partial charge in [0.15, 0.2) is 0 Å². The zero-order chi connectivity index (χ0) is 29.4. The molecule has 1 amide bonds. The minimum atomic E-state index is -0.994. The first-order valence-corrected chi connectivity index (χ1v) is 14.8. The van der Waals surface area contributed by atoms with Crippen LogP contribution in [-0.4, -0.2) is 47.1 Å². The molecule has 0 aliphatic carbocycles. The van der Waals surface area contributed by atoms with E-state index in [0.717, 1.165) is 68.2 Å². The van der Waals surface area contributed by atoms with E-state index < -0.39 is 18.1 Å². The second-order valence-electron chi connectivity index (χ2n) is 11.6. The molecule has 2 atom stereocenters. The highest BCUT2D eigenvalue weighted by molar-refractivity contribution is 5.82. The van der Waals surface area contributed by atoms with Gasteiger partial charge in [0.1, 0.15) is 6.04 Å². The Morgan fingerprint density at radius 3 is 2.54 bits per heavy atom. The molecule has 0 fully saturated rings. The van der Waals surface area contributed by atoms with E-state index in [4.69, 9.17) is 0 Å². The van der Waals surface area contributed by atoms with Crippen molar-refractivity contribution >= 4 is 11.9 Å². The Hall–Kier alpha value is -3.71. The van der Waals surface area contributed by atoms with E-state index >= 15 is 0 Å². The third kappa shape index (κ3) is 8.17. The number of pyridine rings is 1. The summed E-state index contributed by atoms with van der Waals surface area (Å²) in [5.74, 6) is -1.32. The van der Waals surface area contributed by atoms with E-state index in [1.54, 1.807) is 10.8 Å². The smallest absolute Gasteiger partial charge is 0.305 e. The molecule has 1 aliphatic rings. The highest BCUT2D eigenvalue weighted by Gasteiger charge is 2.26. The monoisotopic (exact) mass is 557 g/mol. The number of carbonyl (C=O) groups excluding carboxylic acids is 1. The summed E-state index contributed by atoms with van der Waals surface area (Å²) >= 11 is 0. The van der Waals surface area contributed by atoms with Crippen molar-refractivity contribution in [2.24, 2.45) is 0 Å². The van der Waals surface area contributed by atoms with Crippen LogP contribution in [0.1, 0.15) is 79.3 Å².